The van der Waals surface area contributed by atoms with Gasteiger partial charge in [0.2, 0.25) is 5.91 Å². The van der Waals surface area contributed by atoms with Crippen molar-refractivity contribution in [2.45, 2.75) is 45.3 Å². The molecular weight excluding hydrogens is 476 g/mol. The molecular formula is C28H31ClN4O3. The van der Waals surface area contributed by atoms with E-state index >= 15 is 0 Å². The number of nitrogens with one attached hydrogen (secondary N) is 2. The summed E-state index contributed by atoms with van der Waals surface area (Å²) in [6.07, 6.45) is 1.85. The maximum absolute atomic E-state index is 13.3. The second-order valence-corrected chi connectivity index (χ2v) is 10.1. The van der Waals surface area contributed by atoms with Crippen molar-refractivity contribution < 1.29 is 14.7 Å². The highest BCUT2D eigenvalue weighted by Crippen LogP contribution is 2.33. The number of phenols is 1. The zero-order valence-corrected chi connectivity index (χ0v) is 21.3. The summed E-state index contributed by atoms with van der Waals surface area (Å²) in [6.45, 7) is 6.18. The van der Waals surface area contributed by atoms with Gasteiger partial charge in [-0.25, -0.2) is 5.53 Å². The number of phenolic OH excluding ortho intramolecular Hbond substituents is 1. The van der Waals surface area contributed by atoms with Crippen LogP contribution in [0.15, 0.2) is 59.7 Å². The van der Waals surface area contributed by atoms with E-state index in [4.69, 9.17) is 17.1 Å². The van der Waals surface area contributed by atoms with Gasteiger partial charge in [-0.2, -0.15) is 5.11 Å². The van der Waals surface area contributed by atoms with Gasteiger partial charge in [-0.1, -0.05) is 61.8 Å². The third-order valence-corrected chi connectivity index (χ3v) is 6.87. The number of hydrogen-bond donors (Lipinski definition) is 3. The Morgan fingerprint density at radius 3 is 2.56 bits per heavy atom. The van der Waals surface area contributed by atoms with Crippen molar-refractivity contribution in [3.63, 3.8) is 0 Å². The lowest BCUT2D eigenvalue weighted by Crippen LogP contribution is -2.44. The normalized spacial score (nSPS) is 16.3. The molecule has 1 saturated heterocycles. The molecule has 3 aromatic carbocycles. The van der Waals surface area contributed by atoms with Gasteiger partial charge in [-0.05, 0) is 65.4 Å². The summed E-state index contributed by atoms with van der Waals surface area (Å²) in [6, 6.07) is 14.5. The minimum atomic E-state index is -1.05. The van der Waals surface area contributed by atoms with Crippen molar-refractivity contribution in [3.8, 4) is 5.75 Å². The molecule has 1 unspecified atom stereocenters. The molecule has 2 atom stereocenters. The van der Waals surface area contributed by atoms with Crippen LogP contribution in [0.25, 0.3) is 10.8 Å². The fraction of sp³-hybridized carbons (Fsp3) is 0.357. The van der Waals surface area contributed by atoms with Gasteiger partial charge < -0.3 is 15.3 Å². The standard InChI is InChI=1S/C28H31ClN4O3/c1-17(2)15-33(28(36)24-8-5-13-31-24)16-19-9-11-22(21-7-4-3-6-20(19)21)26(32-30)27(35)18-10-12-25(34)23(29)14-18/h3-4,6-7,9-12,14,17,24,26,30-31,34H,5,8,13,15-16H2,1-2H3/t24-,26?/m0/s1. The van der Waals surface area contributed by atoms with Crippen LogP contribution in [0.2, 0.25) is 5.02 Å². The summed E-state index contributed by atoms with van der Waals surface area (Å²) < 4.78 is 0. The number of carbonyl (C=O) groups is 2. The van der Waals surface area contributed by atoms with Crippen molar-refractivity contribution in [3.05, 3.63) is 76.3 Å². The van der Waals surface area contributed by atoms with E-state index in [9.17, 15) is 14.7 Å². The second kappa shape index (κ2) is 11.2. The number of amides is 1. The van der Waals surface area contributed by atoms with Crippen LogP contribution in [0.3, 0.4) is 0 Å². The van der Waals surface area contributed by atoms with Crippen molar-refractivity contribution in [1.29, 1.82) is 5.53 Å². The molecule has 3 N–H and O–H groups in total. The fourth-order valence-corrected chi connectivity index (χ4v) is 5.02. The lowest BCUT2D eigenvalue weighted by atomic mass is 9.91. The topological polar surface area (TPSA) is 106 Å². The molecule has 1 aliphatic rings. The zero-order valence-electron chi connectivity index (χ0n) is 20.5. The number of hydrogen-bond acceptors (Lipinski definition) is 6. The summed E-state index contributed by atoms with van der Waals surface area (Å²) in [4.78, 5) is 28.5. The Hall–Kier alpha value is -3.29. The largest absolute Gasteiger partial charge is 0.506 e. The maximum Gasteiger partial charge on any atom is 0.240 e. The van der Waals surface area contributed by atoms with E-state index in [0.717, 1.165) is 35.7 Å². The van der Waals surface area contributed by atoms with Crippen LogP contribution in [0.4, 0.5) is 0 Å². The smallest absolute Gasteiger partial charge is 0.240 e. The van der Waals surface area contributed by atoms with E-state index < -0.39 is 6.04 Å². The molecule has 0 saturated carbocycles. The highest BCUT2D eigenvalue weighted by Gasteiger charge is 2.29. The van der Waals surface area contributed by atoms with Crippen LogP contribution < -0.4 is 5.32 Å². The van der Waals surface area contributed by atoms with Gasteiger partial charge in [0.15, 0.2) is 11.8 Å². The average molecular weight is 507 g/mol. The van der Waals surface area contributed by atoms with Crippen LogP contribution in [-0.2, 0) is 11.3 Å². The number of nitrogens with zero attached hydrogens (tertiary/aromatic N) is 2. The number of aromatic hydroxyl groups is 1. The predicted octanol–water partition coefficient (Wildman–Crippen LogP) is 5.89. The van der Waals surface area contributed by atoms with E-state index in [-0.39, 0.29) is 34.1 Å². The third-order valence-electron chi connectivity index (χ3n) is 6.57. The van der Waals surface area contributed by atoms with E-state index in [1.807, 2.05) is 41.3 Å². The molecule has 4 rings (SSSR count). The van der Waals surface area contributed by atoms with Crippen molar-refractivity contribution >= 4 is 34.1 Å². The van der Waals surface area contributed by atoms with Crippen LogP contribution in [-0.4, -0.2) is 40.8 Å². The van der Waals surface area contributed by atoms with Crippen LogP contribution in [0, 0.1) is 11.4 Å². The number of rotatable bonds is 9. The van der Waals surface area contributed by atoms with Crippen molar-refractivity contribution in [2.75, 3.05) is 13.1 Å². The van der Waals surface area contributed by atoms with E-state index in [2.05, 4.69) is 24.3 Å². The highest BCUT2D eigenvalue weighted by atomic mass is 35.5. The number of carbonyl (C=O) groups excluding carboxylic acids is 2. The summed E-state index contributed by atoms with van der Waals surface area (Å²) in [5.41, 5.74) is 9.66. The Morgan fingerprint density at radius 2 is 1.92 bits per heavy atom. The monoisotopic (exact) mass is 506 g/mol. The molecule has 0 aromatic heterocycles. The number of benzene rings is 3. The Morgan fingerprint density at radius 1 is 1.17 bits per heavy atom. The molecule has 1 aliphatic heterocycles. The predicted molar refractivity (Wildman–Crippen MR) is 141 cm³/mol. The summed E-state index contributed by atoms with van der Waals surface area (Å²) in [5, 5.41) is 18.5. The maximum atomic E-state index is 13.3. The van der Waals surface area contributed by atoms with Crippen molar-refractivity contribution in [2.24, 2.45) is 11.0 Å². The lowest BCUT2D eigenvalue weighted by molar-refractivity contribution is -0.134. The first-order chi connectivity index (χ1) is 17.3. The molecule has 1 amide bonds. The average Bonchev–Trinajstić information content (AvgIpc) is 3.41. The molecule has 8 heteroatoms. The SMILES string of the molecule is CC(C)CN(Cc1ccc(C(N=N)C(=O)c2ccc(O)c(Cl)c2)c2ccccc12)C(=O)[C@@H]1CCCN1. The van der Waals surface area contributed by atoms with Gasteiger partial charge >= 0.3 is 0 Å². The van der Waals surface area contributed by atoms with Gasteiger partial charge in [0.05, 0.1) is 11.1 Å². The first-order valence-corrected chi connectivity index (χ1v) is 12.6. The molecule has 0 radical (unpaired) electrons. The minimum absolute atomic E-state index is 0.0662. The molecule has 188 valence electrons. The summed E-state index contributed by atoms with van der Waals surface area (Å²) >= 11 is 6.01. The second-order valence-electron chi connectivity index (χ2n) is 9.68. The molecule has 7 nitrogen and oxygen atoms in total. The van der Waals surface area contributed by atoms with Crippen LogP contribution in [0.1, 0.15) is 54.2 Å². The lowest BCUT2D eigenvalue weighted by Gasteiger charge is -2.28. The Kier molecular flexibility index (Phi) is 8.01. The first-order valence-electron chi connectivity index (χ1n) is 12.2. The molecule has 0 bridgehead atoms. The molecule has 3 aromatic rings. The third kappa shape index (κ3) is 5.42. The highest BCUT2D eigenvalue weighted by molar-refractivity contribution is 6.32. The Labute approximate surface area is 216 Å². The quantitative estimate of drug-likeness (QED) is 0.248. The molecule has 36 heavy (non-hydrogen) atoms. The van der Waals surface area contributed by atoms with Crippen LogP contribution in [0.5, 0.6) is 5.75 Å². The minimum Gasteiger partial charge on any atom is -0.506 e. The number of fused-ring (bicyclic) bond motifs is 1. The molecule has 1 fully saturated rings. The number of ketones is 1. The van der Waals surface area contributed by atoms with Gasteiger partial charge in [-0.3, -0.25) is 9.59 Å². The fourth-order valence-electron chi connectivity index (χ4n) is 4.84. The molecule has 1 heterocycles. The van der Waals surface area contributed by atoms with Gasteiger partial charge in [0.1, 0.15) is 5.75 Å². The van der Waals surface area contributed by atoms with Gasteiger partial charge in [0, 0.05) is 18.7 Å². The number of halogens is 1. The molecule has 0 aliphatic carbocycles. The van der Waals surface area contributed by atoms with Crippen molar-refractivity contribution in [1.82, 2.24) is 10.2 Å². The van der Waals surface area contributed by atoms with E-state index in [1.54, 1.807) is 0 Å². The van der Waals surface area contributed by atoms with Gasteiger partial charge in [0.25, 0.3) is 0 Å². The molecule has 0 spiro atoms. The van der Waals surface area contributed by atoms with Crippen LogP contribution >= 0.6 is 11.6 Å². The van der Waals surface area contributed by atoms with Gasteiger partial charge in [-0.15, -0.1) is 0 Å². The Bertz CT molecular complexity index is 1290. The first kappa shape index (κ1) is 25.8. The Balaban J connectivity index is 1.70. The summed E-state index contributed by atoms with van der Waals surface area (Å²) in [5.74, 6) is -0.0562. The zero-order chi connectivity index (χ0) is 25.8. The summed E-state index contributed by atoms with van der Waals surface area (Å²) in [7, 11) is 0. The van der Waals surface area contributed by atoms with E-state index in [1.165, 1.54) is 18.2 Å². The van der Waals surface area contributed by atoms with E-state index in [0.29, 0.717) is 24.6 Å². The number of Topliss-reactive ketones (excluding diaryl/α,β-unsaturated/α-hetero) is 1.